The zero-order chi connectivity index (χ0) is 13.9. The molecule has 1 atom stereocenters. The Kier molecular flexibility index (Phi) is 4.38. The molecule has 1 unspecified atom stereocenters. The maximum atomic E-state index is 12.4. The number of rotatable bonds is 5. The van der Waals surface area contributed by atoms with Crippen molar-refractivity contribution in [2.45, 2.75) is 44.1 Å². The summed E-state index contributed by atoms with van der Waals surface area (Å²) in [6.07, 6.45) is 6.78. The number of nitrogens with one attached hydrogen (secondary N) is 1. The van der Waals surface area contributed by atoms with Gasteiger partial charge in [0.15, 0.2) is 5.96 Å². The van der Waals surface area contributed by atoms with E-state index < -0.39 is 5.54 Å². The van der Waals surface area contributed by atoms with Crippen molar-refractivity contribution in [2.24, 2.45) is 22.5 Å². The molecule has 0 spiro atoms. The second kappa shape index (κ2) is 5.85. The zero-order valence-corrected chi connectivity index (χ0v) is 11.4. The third-order valence-electron chi connectivity index (χ3n) is 4.16. The highest BCUT2D eigenvalue weighted by atomic mass is 16.2. The molecule has 0 saturated heterocycles. The summed E-state index contributed by atoms with van der Waals surface area (Å²) < 4.78 is 0. The van der Waals surface area contributed by atoms with Gasteiger partial charge in [0.25, 0.3) is 5.91 Å². The summed E-state index contributed by atoms with van der Waals surface area (Å²) in [5, 5.41) is 0. The smallest absolute Gasteiger partial charge is 0.255 e. The number of hydrogen-bond donors (Lipinski definition) is 3. The van der Waals surface area contributed by atoms with Gasteiger partial charge >= 0.3 is 0 Å². The van der Waals surface area contributed by atoms with Gasteiger partial charge in [0.1, 0.15) is 5.54 Å². The molecule has 0 radical (unpaired) electrons. The Morgan fingerprint density at radius 1 is 1.47 bits per heavy atom. The zero-order valence-electron chi connectivity index (χ0n) is 11.4. The van der Waals surface area contributed by atoms with Gasteiger partial charge in [-0.15, -0.1) is 6.54 Å². The van der Waals surface area contributed by atoms with E-state index in [1.165, 1.54) is 24.2 Å². The third kappa shape index (κ3) is 2.88. The van der Waals surface area contributed by atoms with Crippen molar-refractivity contribution in [3.05, 3.63) is 5.43 Å². The highest BCUT2D eigenvalue weighted by Gasteiger charge is 2.44. The van der Waals surface area contributed by atoms with Crippen LogP contribution < -0.4 is 17.1 Å². The lowest BCUT2D eigenvalue weighted by atomic mass is 9.79. The van der Waals surface area contributed by atoms with Crippen molar-refractivity contribution in [3.8, 4) is 0 Å². The Balaban J connectivity index is 2.13. The summed E-state index contributed by atoms with van der Waals surface area (Å²) in [4.78, 5) is 18.2. The van der Waals surface area contributed by atoms with Crippen molar-refractivity contribution in [2.75, 3.05) is 13.6 Å². The maximum Gasteiger partial charge on any atom is 0.255 e. The van der Waals surface area contributed by atoms with Crippen LogP contribution in [0.3, 0.4) is 0 Å². The molecule has 0 bridgehead atoms. The standard InChI is InChI=1S/C12H23N6O/c1-18-10(19)12(8-15-17-14,16-11(18)13)7-9-5-3-2-4-6-9/h9,17H,2-8,14H2,1H3,(H2,13,16)/q-1. The molecule has 7 nitrogen and oxygen atoms in total. The second-order valence-corrected chi connectivity index (χ2v) is 5.52. The van der Waals surface area contributed by atoms with Crippen LogP contribution in [0.5, 0.6) is 0 Å². The van der Waals surface area contributed by atoms with E-state index in [-0.39, 0.29) is 18.4 Å². The minimum absolute atomic E-state index is 0.0745. The molecule has 0 aromatic rings. The lowest BCUT2D eigenvalue weighted by Gasteiger charge is -2.36. The number of nitrogens with zero attached hydrogens (tertiary/aromatic N) is 3. The van der Waals surface area contributed by atoms with E-state index in [0.29, 0.717) is 12.3 Å². The molecule has 1 aliphatic carbocycles. The van der Waals surface area contributed by atoms with Gasteiger partial charge in [-0.05, 0) is 12.3 Å². The number of likely N-dealkylation sites (N-methyl/N-ethyl adjacent to an activating group) is 1. The number of carbonyl (C=O) groups excluding carboxylic acids is 1. The van der Waals surface area contributed by atoms with Crippen LogP contribution in [-0.2, 0) is 4.79 Å². The van der Waals surface area contributed by atoms with Gasteiger partial charge in [-0.25, -0.2) is 4.99 Å². The average molecular weight is 267 g/mol. The fourth-order valence-corrected chi connectivity index (χ4v) is 3.10. The van der Waals surface area contributed by atoms with Crippen molar-refractivity contribution in [3.63, 3.8) is 0 Å². The highest BCUT2D eigenvalue weighted by molar-refractivity contribution is 6.06. The van der Waals surface area contributed by atoms with Crippen molar-refractivity contribution >= 4 is 11.9 Å². The molecular weight excluding hydrogens is 244 g/mol. The number of amides is 1. The van der Waals surface area contributed by atoms with Gasteiger partial charge in [-0.2, -0.15) is 0 Å². The first-order valence-corrected chi connectivity index (χ1v) is 6.84. The fourth-order valence-electron chi connectivity index (χ4n) is 3.10. The number of hydrogen-bond acceptors (Lipinski definition) is 5. The lowest BCUT2D eigenvalue weighted by Crippen LogP contribution is -2.46. The van der Waals surface area contributed by atoms with Crippen molar-refractivity contribution < 1.29 is 4.79 Å². The minimum Gasteiger partial charge on any atom is -0.580 e. The van der Waals surface area contributed by atoms with Crippen LogP contribution >= 0.6 is 0 Å². The number of hydrazine groups is 1. The van der Waals surface area contributed by atoms with Crippen LogP contribution in [0.15, 0.2) is 4.99 Å². The fraction of sp³-hybridized carbons (Fsp3) is 0.833. The predicted octanol–water partition coefficient (Wildman–Crippen LogP) is 0.234. The molecule has 1 saturated carbocycles. The number of carbonyl (C=O) groups is 1. The van der Waals surface area contributed by atoms with Gasteiger partial charge in [0.05, 0.1) is 0 Å². The van der Waals surface area contributed by atoms with E-state index in [9.17, 15) is 4.79 Å². The Bertz CT molecular complexity index is 365. The first-order valence-electron chi connectivity index (χ1n) is 6.84. The predicted molar refractivity (Wildman–Crippen MR) is 73.9 cm³/mol. The third-order valence-corrected chi connectivity index (χ3v) is 4.16. The van der Waals surface area contributed by atoms with Crippen molar-refractivity contribution in [1.29, 1.82) is 0 Å². The summed E-state index contributed by atoms with van der Waals surface area (Å²) in [5.74, 6) is 5.91. The molecule has 108 valence electrons. The topological polar surface area (TPSA) is 111 Å². The summed E-state index contributed by atoms with van der Waals surface area (Å²) in [6, 6.07) is 0. The quantitative estimate of drug-likeness (QED) is 0.489. The Morgan fingerprint density at radius 2 is 2.16 bits per heavy atom. The summed E-state index contributed by atoms with van der Waals surface area (Å²) >= 11 is 0. The monoisotopic (exact) mass is 267 g/mol. The molecule has 2 rings (SSSR count). The largest absolute Gasteiger partial charge is 0.580 e. The van der Waals surface area contributed by atoms with E-state index in [2.05, 4.69) is 16.0 Å². The summed E-state index contributed by atoms with van der Waals surface area (Å²) in [6.45, 7) is 0.240. The van der Waals surface area contributed by atoms with Gasteiger partial charge in [-0.1, -0.05) is 32.1 Å². The van der Waals surface area contributed by atoms with Gasteiger partial charge in [-0.3, -0.25) is 15.5 Å². The first-order chi connectivity index (χ1) is 9.09. The van der Waals surface area contributed by atoms with Gasteiger partial charge < -0.3 is 16.7 Å². The maximum absolute atomic E-state index is 12.4. The minimum atomic E-state index is -0.854. The van der Waals surface area contributed by atoms with Gasteiger partial charge in [0, 0.05) is 7.05 Å². The van der Waals surface area contributed by atoms with E-state index in [0.717, 1.165) is 12.8 Å². The van der Waals surface area contributed by atoms with Crippen LogP contribution in [0.4, 0.5) is 0 Å². The molecule has 0 aromatic carbocycles. The number of guanidine groups is 1. The first kappa shape index (κ1) is 14.2. The normalized spacial score (nSPS) is 28.8. The van der Waals surface area contributed by atoms with E-state index in [1.807, 2.05) is 0 Å². The molecule has 2 aliphatic rings. The summed E-state index contributed by atoms with van der Waals surface area (Å²) in [7, 11) is 1.65. The van der Waals surface area contributed by atoms with Crippen molar-refractivity contribution in [1.82, 2.24) is 10.4 Å². The molecule has 5 N–H and O–H groups in total. The lowest BCUT2D eigenvalue weighted by molar-refractivity contribution is -0.130. The van der Waals surface area contributed by atoms with E-state index in [1.54, 1.807) is 7.05 Å². The van der Waals surface area contributed by atoms with E-state index in [4.69, 9.17) is 11.6 Å². The highest BCUT2D eigenvalue weighted by Crippen LogP contribution is 2.36. The SMILES string of the molecule is CN1C(=O)C(C[N-]NN)(CC2CCCCC2)N=C1N. The Labute approximate surface area is 113 Å². The second-order valence-electron chi connectivity index (χ2n) is 5.52. The van der Waals surface area contributed by atoms with Crippen LogP contribution in [0, 0.1) is 5.92 Å². The van der Waals surface area contributed by atoms with E-state index >= 15 is 0 Å². The molecular formula is C12H23N6O-. The molecule has 7 heteroatoms. The Hall–Kier alpha value is -1.18. The van der Waals surface area contributed by atoms with Crippen LogP contribution in [0.2, 0.25) is 0 Å². The average Bonchev–Trinajstić information content (AvgIpc) is 2.63. The molecule has 1 heterocycles. The molecule has 0 aromatic heterocycles. The van der Waals surface area contributed by atoms with Crippen LogP contribution in [-0.4, -0.2) is 35.9 Å². The van der Waals surface area contributed by atoms with Gasteiger partial charge in [0.2, 0.25) is 0 Å². The summed E-state index contributed by atoms with van der Waals surface area (Å²) in [5.41, 5.74) is 11.1. The van der Waals surface area contributed by atoms with Crippen LogP contribution in [0.1, 0.15) is 38.5 Å². The molecule has 1 amide bonds. The Morgan fingerprint density at radius 3 is 2.68 bits per heavy atom. The van der Waals surface area contributed by atoms with Crippen LogP contribution in [0.25, 0.3) is 5.43 Å². The molecule has 1 aliphatic heterocycles. The molecule has 19 heavy (non-hydrogen) atoms. The number of aliphatic imine (C=N–C) groups is 1. The molecule has 1 fully saturated rings. The number of nitrogens with two attached hydrogens (primary N) is 2.